The Morgan fingerprint density at radius 3 is 2.71 bits per heavy atom. The van der Waals surface area contributed by atoms with Gasteiger partial charge in [0.15, 0.2) is 0 Å². The van der Waals surface area contributed by atoms with Crippen LogP contribution in [0.3, 0.4) is 0 Å². The van der Waals surface area contributed by atoms with Crippen molar-refractivity contribution in [3.8, 4) is 0 Å². The van der Waals surface area contributed by atoms with E-state index in [1.54, 1.807) is 0 Å². The lowest BCUT2D eigenvalue weighted by Crippen LogP contribution is -2.66. The van der Waals surface area contributed by atoms with Crippen LogP contribution in [0.2, 0.25) is 0 Å². The standard InChI is InChI=1S/C14H23NO2/c1-8-9-3-4-10-13(8,2)11(5-9)14(10,7-15)6-12(16)17/h8-11H,3-7,15H2,1-2H3,(H,16,17)/t8-,9+,10?,11-,13?,14-/m0/s1. The maximum Gasteiger partial charge on any atom is 0.303 e. The highest BCUT2D eigenvalue weighted by molar-refractivity contribution is 5.68. The van der Waals surface area contributed by atoms with E-state index in [2.05, 4.69) is 13.8 Å². The molecule has 3 rings (SSSR count). The van der Waals surface area contributed by atoms with Crippen molar-refractivity contribution >= 4 is 5.97 Å². The zero-order chi connectivity index (χ0) is 12.4. The van der Waals surface area contributed by atoms with Crippen molar-refractivity contribution in [3.05, 3.63) is 0 Å². The summed E-state index contributed by atoms with van der Waals surface area (Å²) in [7, 11) is 0. The molecule has 3 aliphatic carbocycles. The Kier molecular flexibility index (Phi) is 2.20. The van der Waals surface area contributed by atoms with Gasteiger partial charge < -0.3 is 10.8 Å². The second-order valence-corrected chi connectivity index (χ2v) is 6.84. The molecule has 3 fully saturated rings. The Morgan fingerprint density at radius 2 is 2.12 bits per heavy atom. The number of aliphatic carboxylic acids is 1. The molecule has 3 N–H and O–H groups in total. The molecule has 0 heterocycles. The van der Waals surface area contributed by atoms with Gasteiger partial charge in [0.1, 0.15) is 0 Å². The van der Waals surface area contributed by atoms with E-state index in [0.717, 1.165) is 11.8 Å². The number of hydrogen-bond donors (Lipinski definition) is 2. The molecule has 0 spiro atoms. The second-order valence-electron chi connectivity index (χ2n) is 6.84. The van der Waals surface area contributed by atoms with Gasteiger partial charge in [-0.3, -0.25) is 4.79 Å². The Balaban J connectivity index is 1.98. The van der Waals surface area contributed by atoms with Gasteiger partial charge in [-0.25, -0.2) is 0 Å². The van der Waals surface area contributed by atoms with Crippen molar-refractivity contribution in [1.29, 1.82) is 0 Å². The van der Waals surface area contributed by atoms with Crippen molar-refractivity contribution < 1.29 is 9.90 Å². The molecule has 3 nitrogen and oxygen atoms in total. The van der Waals surface area contributed by atoms with Crippen LogP contribution in [0, 0.1) is 34.5 Å². The smallest absolute Gasteiger partial charge is 0.303 e. The fourth-order valence-electron chi connectivity index (χ4n) is 6.00. The van der Waals surface area contributed by atoms with Gasteiger partial charge in [-0.2, -0.15) is 0 Å². The molecule has 0 amide bonds. The summed E-state index contributed by atoms with van der Waals surface area (Å²) in [5.74, 6) is 2.03. The van der Waals surface area contributed by atoms with Crippen molar-refractivity contribution in [2.45, 2.75) is 39.5 Å². The maximum atomic E-state index is 11.2. The van der Waals surface area contributed by atoms with E-state index >= 15 is 0 Å². The van der Waals surface area contributed by atoms with Gasteiger partial charge >= 0.3 is 5.97 Å². The lowest BCUT2D eigenvalue weighted by molar-refractivity contribution is -0.206. The zero-order valence-electron chi connectivity index (χ0n) is 10.8. The van der Waals surface area contributed by atoms with Crippen LogP contribution in [0.5, 0.6) is 0 Å². The Bertz CT molecular complexity index is 359. The molecule has 3 saturated carbocycles. The van der Waals surface area contributed by atoms with Crippen LogP contribution in [-0.2, 0) is 4.79 Å². The molecule has 0 aliphatic heterocycles. The summed E-state index contributed by atoms with van der Waals surface area (Å²) in [5, 5.41) is 9.19. The highest BCUT2D eigenvalue weighted by Crippen LogP contribution is 2.78. The predicted octanol–water partition coefficient (Wildman–Crippen LogP) is 2.11. The topological polar surface area (TPSA) is 63.3 Å². The minimum Gasteiger partial charge on any atom is -0.481 e. The van der Waals surface area contributed by atoms with E-state index in [0.29, 0.717) is 23.8 Å². The number of hydrogen-bond acceptors (Lipinski definition) is 2. The molecule has 2 unspecified atom stereocenters. The summed E-state index contributed by atoms with van der Waals surface area (Å²) in [6, 6.07) is 0. The lowest BCUT2D eigenvalue weighted by Gasteiger charge is -2.68. The van der Waals surface area contributed by atoms with E-state index in [1.807, 2.05) is 0 Å². The number of fused-ring (bicyclic) bond motifs is 1. The molecule has 0 aromatic carbocycles. The van der Waals surface area contributed by atoms with E-state index in [9.17, 15) is 9.90 Å². The first-order valence-corrected chi connectivity index (χ1v) is 6.88. The molecular formula is C14H23NO2. The van der Waals surface area contributed by atoms with E-state index in [-0.39, 0.29) is 11.8 Å². The quantitative estimate of drug-likeness (QED) is 0.790. The Morgan fingerprint density at radius 1 is 1.41 bits per heavy atom. The van der Waals surface area contributed by atoms with E-state index in [4.69, 9.17) is 5.73 Å². The van der Waals surface area contributed by atoms with Gasteiger partial charge in [-0.1, -0.05) is 13.8 Å². The fraction of sp³-hybridized carbons (Fsp3) is 0.929. The fourth-order valence-corrected chi connectivity index (χ4v) is 6.00. The van der Waals surface area contributed by atoms with Gasteiger partial charge in [-0.05, 0) is 60.3 Å². The normalized spacial score (nSPS) is 55.5. The van der Waals surface area contributed by atoms with E-state index in [1.165, 1.54) is 19.3 Å². The molecule has 0 radical (unpaired) electrons. The highest BCUT2D eigenvalue weighted by Gasteiger charge is 2.74. The first-order chi connectivity index (χ1) is 7.96. The third-order valence-electron chi connectivity index (χ3n) is 6.80. The number of carboxylic acid groups (broad SMARTS) is 1. The summed E-state index contributed by atoms with van der Waals surface area (Å²) >= 11 is 0. The summed E-state index contributed by atoms with van der Waals surface area (Å²) in [6.45, 7) is 5.32. The van der Waals surface area contributed by atoms with Crippen LogP contribution in [0.4, 0.5) is 0 Å². The van der Waals surface area contributed by atoms with E-state index < -0.39 is 5.97 Å². The molecular weight excluding hydrogens is 214 g/mol. The monoisotopic (exact) mass is 237 g/mol. The molecule has 2 bridgehead atoms. The summed E-state index contributed by atoms with van der Waals surface area (Å²) in [5.41, 5.74) is 6.30. The van der Waals surface area contributed by atoms with Gasteiger partial charge in [0.05, 0.1) is 6.42 Å². The number of nitrogens with two attached hydrogens (primary N) is 1. The van der Waals surface area contributed by atoms with Crippen LogP contribution in [-0.4, -0.2) is 17.6 Å². The second kappa shape index (κ2) is 3.25. The van der Waals surface area contributed by atoms with Crippen LogP contribution < -0.4 is 5.73 Å². The third-order valence-corrected chi connectivity index (χ3v) is 6.80. The van der Waals surface area contributed by atoms with Crippen molar-refractivity contribution in [2.75, 3.05) is 6.54 Å². The maximum absolute atomic E-state index is 11.2. The van der Waals surface area contributed by atoms with Crippen molar-refractivity contribution in [1.82, 2.24) is 0 Å². The van der Waals surface area contributed by atoms with Crippen LogP contribution in [0.1, 0.15) is 39.5 Å². The SMILES string of the molecule is C[C@H]1[C@@H]2CCC3C1(C)[C@H](C2)[C@]3(CN)CC(=O)O. The Labute approximate surface area is 103 Å². The van der Waals surface area contributed by atoms with Gasteiger partial charge in [0.2, 0.25) is 0 Å². The molecule has 3 aliphatic rings. The summed E-state index contributed by atoms with van der Waals surface area (Å²) < 4.78 is 0. The Hall–Kier alpha value is -0.570. The minimum absolute atomic E-state index is 0.0832. The number of carbonyl (C=O) groups is 1. The van der Waals surface area contributed by atoms with Crippen molar-refractivity contribution in [3.63, 3.8) is 0 Å². The average Bonchev–Trinajstić information content (AvgIpc) is 2.48. The molecule has 6 atom stereocenters. The molecule has 0 aromatic heterocycles. The largest absolute Gasteiger partial charge is 0.481 e. The van der Waals surface area contributed by atoms with Gasteiger partial charge in [0.25, 0.3) is 0 Å². The first-order valence-electron chi connectivity index (χ1n) is 6.88. The first kappa shape index (κ1) is 11.5. The van der Waals surface area contributed by atoms with Crippen LogP contribution >= 0.6 is 0 Å². The van der Waals surface area contributed by atoms with Gasteiger partial charge in [0, 0.05) is 0 Å². The molecule has 96 valence electrons. The van der Waals surface area contributed by atoms with Crippen LogP contribution in [0.15, 0.2) is 0 Å². The summed E-state index contributed by atoms with van der Waals surface area (Å²) in [4.78, 5) is 11.2. The molecule has 3 heteroatoms. The van der Waals surface area contributed by atoms with Crippen molar-refractivity contribution in [2.24, 2.45) is 40.2 Å². The zero-order valence-corrected chi connectivity index (χ0v) is 10.8. The average molecular weight is 237 g/mol. The van der Waals surface area contributed by atoms with Gasteiger partial charge in [-0.15, -0.1) is 0 Å². The van der Waals surface area contributed by atoms with Crippen LogP contribution in [0.25, 0.3) is 0 Å². The lowest BCUT2D eigenvalue weighted by atomic mass is 9.36. The predicted molar refractivity (Wildman–Crippen MR) is 65.3 cm³/mol. The molecule has 0 aromatic rings. The molecule has 17 heavy (non-hydrogen) atoms. The third kappa shape index (κ3) is 1.09. The summed E-state index contributed by atoms with van der Waals surface area (Å²) in [6.07, 6.45) is 4.00. The number of carboxylic acids is 1. The molecule has 0 saturated heterocycles. The number of rotatable bonds is 3. The highest BCUT2D eigenvalue weighted by atomic mass is 16.4. The minimum atomic E-state index is -0.666.